The van der Waals surface area contributed by atoms with Crippen LogP contribution in [0.4, 0.5) is 11.4 Å². The average Bonchev–Trinajstić information content (AvgIpc) is 3.51. The molecule has 0 radical (unpaired) electrons. The Morgan fingerprint density at radius 3 is 2.57 bits per heavy atom. The lowest BCUT2D eigenvalue weighted by Crippen LogP contribution is -2.32. The highest BCUT2D eigenvalue weighted by molar-refractivity contribution is 8.00. The monoisotopic (exact) mass is 641 g/mol. The minimum Gasteiger partial charge on any atom is -0.483 e. The molecular formula is C33H24ClN3O5S2. The molecule has 0 bridgehead atoms. The Kier molecular flexibility index (Phi) is 7.28. The van der Waals surface area contributed by atoms with Gasteiger partial charge in [0.25, 0.3) is 5.91 Å². The van der Waals surface area contributed by atoms with Crippen LogP contribution in [-0.2, 0) is 14.4 Å². The predicted octanol–water partition coefficient (Wildman–Crippen LogP) is 6.36. The lowest BCUT2D eigenvalue weighted by atomic mass is 9.82. The number of nitrogens with one attached hydrogen (secondary N) is 2. The van der Waals surface area contributed by atoms with Gasteiger partial charge in [0.1, 0.15) is 11.0 Å². The maximum absolute atomic E-state index is 14.1. The Hall–Kier alpha value is -4.38. The van der Waals surface area contributed by atoms with Gasteiger partial charge in [0.2, 0.25) is 11.8 Å². The molecule has 3 atom stereocenters. The molecule has 1 saturated heterocycles. The number of benzene rings is 4. The van der Waals surface area contributed by atoms with E-state index in [1.807, 2.05) is 61.5 Å². The number of aryl methyl sites for hydroxylation is 1. The number of hydrogen-bond donors (Lipinski definition) is 2. The van der Waals surface area contributed by atoms with Gasteiger partial charge in [0.05, 0.1) is 16.6 Å². The van der Waals surface area contributed by atoms with Crippen LogP contribution in [0.3, 0.4) is 0 Å². The van der Waals surface area contributed by atoms with Crippen LogP contribution < -0.4 is 19.8 Å². The van der Waals surface area contributed by atoms with Crippen LogP contribution >= 0.6 is 34.7 Å². The third-order valence-corrected chi connectivity index (χ3v) is 10.5. The van der Waals surface area contributed by atoms with Gasteiger partial charge in [-0.15, -0.1) is 0 Å². The molecule has 0 unspecified atom stereocenters. The second kappa shape index (κ2) is 11.3. The molecule has 5 aromatic rings. The fourth-order valence-corrected chi connectivity index (χ4v) is 8.54. The van der Waals surface area contributed by atoms with E-state index in [9.17, 15) is 19.2 Å². The first-order valence-corrected chi connectivity index (χ1v) is 15.9. The Balaban J connectivity index is 1.23. The summed E-state index contributed by atoms with van der Waals surface area (Å²) in [7, 11) is 0. The molecule has 3 heterocycles. The van der Waals surface area contributed by atoms with E-state index >= 15 is 0 Å². The van der Waals surface area contributed by atoms with E-state index < -0.39 is 17.1 Å². The summed E-state index contributed by atoms with van der Waals surface area (Å²) in [5, 5.41) is 4.97. The third-order valence-electron chi connectivity index (χ3n) is 7.85. The van der Waals surface area contributed by atoms with Crippen LogP contribution in [0.15, 0.2) is 94.7 Å². The number of imide groups is 1. The predicted molar refractivity (Wildman–Crippen MR) is 173 cm³/mol. The maximum Gasteiger partial charge on any atom is 0.305 e. The molecular weight excluding hydrogens is 618 g/mol. The molecule has 2 aliphatic heterocycles. The van der Waals surface area contributed by atoms with Crippen molar-refractivity contribution in [2.75, 3.05) is 16.8 Å². The number of aromatic nitrogens is 1. The molecule has 11 heteroatoms. The van der Waals surface area contributed by atoms with Gasteiger partial charge in [-0.3, -0.25) is 19.2 Å². The van der Waals surface area contributed by atoms with Crippen molar-refractivity contribution >= 4 is 74.6 Å². The standard InChI is InChI=1S/C33H24ClN3O5S2/c1-17-9-12-20(13-10-17)37-31(39)27-26(28-30(36-33(41)44-28)43-29(27)32(37)40)22-15-19(34)11-14-24(22)42-16-25(38)35-23-8-4-6-18-5-2-3-7-21(18)23/h2-15,26-27,29H,16H2,1H3,(H,35,38)(H,36,41)/t26-,27-,29+/m0/s1. The number of halogens is 1. The molecule has 0 aliphatic carbocycles. The Morgan fingerprint density at radius 2 is 1.75 bits per heavy atom. The number of fused-ring (bicyclic) bond motifs is 3. The molecule has 3 amide bonds. The van der Waals surface area contributed by atoms with Crippen molar-refractivity contribution in [3.05, 3.63) is 116 Å². The van der Waals surface area contributed by atoms with E-state index in [2.05, 4.69) is 10.3 Å². The number of thioether (sulfide) groups is 1. The normalized spacial score (nSPS) is 19.1. The molecule has 1 fully saturated rings. The van der Waals surface area contributed by atoms with E-state index in [1.165, 1.54) is 16.7 Å². The van der Waals surface area contributed by atoms with Crippen LogP contribution in [0, 0.1) is 12.8 Å². The molecule has 220 valence electrons. The van der Waals surface area contributed by atoms with Gasteiger partial charge in [-0.1, -0.05) is 88.8 Å². The van der Waals surface area contributed by atoms with E-state index in [1.54, 1.807) is 30.3 Å². The van der Waals surface area contributed by atoms with E-state index in [0.717, 1.165) is 27.7 Å². The second-order valence-corrected chi connectivity index (χ2v) is 13.2. The van der Waals surface area contributed by atoms with Crippen LogP contribution in [0.25, 0.3) is 10.8 Å². The molecule has 4 aromatic carbocycles. The summed E-state index contributed by atoms with van der Waals surface area (Å²) in [5.74, 6) is -2.29. The quantitative estimate of drug-likeness (QED) is 0.209. The molecule has 7 rings (SSSR count). The van der Waals surface area contributed by atoms with Crippen LogP contribution in [0.1, 0.15) is 21.9 Å². The van der Waals surface area contributed by atoms with E-state index in [0.29, 0.717) is 37.6 Å². The summed E-state index contributed by atoms with van der Waals surface area (Å²) in [5.41, 5.74) is 2.67. The number of carbonyl (C=O) groups is 3. The number of rotatable bonds is 6. The lowest BCUT2D eigenvalue weighted by molar-refractivity contribution is -0.122. The van der Waals surface area contributed by atoms with Crippen LogP contribution in [0.2, 0.25) is 5.02 Å². The van der Waals surface area contributed by atoms with Crippen molar-refractivity contribution in [1.82, 2.24) is 4.98 Å². The number of amides is 3. The molecule has 2 N–H and O–H groups in total. The molecule has 0 saturated carbocycles. The first kappa shape index (κ1) is 28.4. The summed E-state index contributed by atoms with van der Waals surface area (Å²) in [6.45, 7) is 1.62. The van der Waals surface area contributed by atoms with Gasteiger partial charge in [0, 0.05) is 32.5 Å². The summed E-state index contributed by atoms with van der Waals surface area (Å²) in [4.78, 5) is 57.8. The highest BCUT2D eigenvalue weighted by Gasteiger charge is 2.56. The maximum atomic E-state index is 14.1. The van der Waals surface area contributed by atoms with Crippen LogP contribution in [-0.4, -0.2) is 34.6 Å². The first-order valence-electron chi connectivity index (χ1n) is 13.8. The smallest absolute Gasteiger partial charge is 0.305 e. The number of anilines is 2. The number of H-pyrrole nitrogens is 1. The zero-order valence-electron chi connectivity index (χ0n) is 23.2. The summed E-state index contributed by atoms with van der Waals surface area (Å²) in [6, 6.07) is 25.6. The van der Waals surface area contributed by atoms with E-state index in [-0.39, 0.29) is 29.2 Å². The zero-order chi connectivity index (χ0) is 30.5. The topological polar surface area (TPSA) is 109 Å². The Labute approximate surface area is 265 Å². The van der Waals surface area contributed by atoms with Gasteiger partial charge < -0.3 is 15.0 Å². The summed E-state index contributed by atoms with van der Waals surface area (Å²) >= 11 is 8.66. The van der Waals surface area contributed by atoms with Crippen molar-refractivity contribution in [3.63, 3.8) is 0 Å². The van der Waals surface area contributed by atoms with Gasteiger partial charge in [-0.25, -0.2) is 4.90 Å². The third kappa shape index (κ3) is 4.98. The van der Waals surface area contributed by atoms with E-state index in [4.69, 9.17) is 16.3 Å². The zero-order valence-corrected chi connectivity index (χ0v) is 25.6. The van der Waals surface area contributed by atoms with Gasteiger partial charge in [-0.05, 0) is 48.7 Å². The Bertz CT molecular complexity index is 2020. The molecule has 0 spiro atoms. The number of ether oxygens (including phenoxy) is 1. The molecule has 2 aliphatic rings. The number of carbonyl (C=O) groups excluding carboxylic acids is 3. The number of thiazole rings is 1. The van der Waals surface area contributed by atoms with Gasteiger partial charge in [0.15, 0.2) is 6.61 Å². The van der Waals surface area contributed by atoms with Gasteiger partial charge >= 0.3 is 4.87 Å². The SMILES string of the molecule is Cc1ccc(N2C(=O)[C@H]3[C@H](c4cc(Cl)ccc4OCC(=O)Nc4cccc5ccccc45)c4sc(=O)[nH]c4S[C@H]3C2=O)cc1. The largest absolute Gasteiger partial charge is 0.483 e. The molecule has 8 nitrogen and oxygen atoms in total. The van der Waals surface area contributed by atoms with Crippen molar-refractivity contribution in [2.24, 2.45) is 5.92 Å². The minimum atomic E-state index is -0.821. The first-order chi connectivity index (χ1) is 21.3. The summed E-state index contributed by atoms with van der Waals surface area (Å²) < 4.78 is 6.08. The van der Waals surface area contributed by atoms with Crippen LogP contribution in [0.5, 0.6) is 5.75 Å². The Morgan fingerprint density at radius 1 is 0.977 bits per heavy atom. The second-order valence-electron chi connectivity index (χ2n) is 10.6. The summed E-state index contributed by atoms with van der Waals surface area (Å²) in [6.07, 6.45) is 0. The van der Waals surface area contributed by atoms with Crippen molar-refractivity contribution < 1.29 is 19.1 Å². The minimum absolute atomic E-state index is 0.290. The molecule has 44 heavy (non-hydrogen) atoms. The number of aromatic amines is 1. The highest BCUT2D eigenvalue weighted by Crippen LogP contribution is 2.54. The average molecular weight is 642 g/mol. The van der Waals surface area contributed by atoms with Crippen molar-refractivity contribution in [1.29, 1.82) is 0 Å². The number of nitrogens with zero attached hydrogens (tertiary/aromatic N) is 1. The number of hydrogen-bond acceptors (Lipinski definition) is 7. The fraction of sp³-hybridized carbons (Fsp3) is 0.152. The lowest BCUT2D eigenvalue weighted by Gasteiger charge is -2.31. The fourth-order valence-electron chi connectivity index (χ4n) is 5.86. The highest BCUT2D eigenvalue weighted by atomic mass is 35.5. The van der Waals surface area contributed by atoms with Crippen molar-refractivity contribution in [3.8, 4) is 5.75 Å². The molecule has 1 aromatic heterocycles. The van der Waals surface area contributed by atoms with Gasteiger partial charge in [-0.2, -0.15) is 0 Å². The van der Waals surface area contributed by atoms with Crippen molar-refractivity contribution in [2.45, 2.75) is 23.1 Å².